The molecule has 5 nitrogen and oxygen atoms in total. The number of hydrogen-bond donors (Lipinski definition) is 2. The maximum atomic E-state index is 5.75. The van der Waals surface area contributed by atoms with Gasteiger partial charge in [-0.3, -0.25) is 16.0 Å². The normalized spacial score (nSPS) is 26.2. The highest BCUT2D eigenvalue weighted by Gasteiger charge is 2.27. The van der Waals surface area contributed by atoms with Crippen molar-refractivity contribution in [1.29, 1.82) is 0 Å². The van der Waals surface area contributed by atoms with Crippen LogP contribution in [-0.2, 0) is 13.0 Å². The molecule has 2 rings (SSSR count). The van der Waals surface area contributed by atoms with Gasteiger partial charge in [0, 0.05) is 19.0 Å². The topological polar surface area (TPSA) is 68.8 Å². The summed E-state index contributed by atoms with van der Waals surface area (Å²) in [6.07, 6.45) is 7.75. The molecule has 1 saturated carbocycles. The van der Waals surface area contributed by atoms with E-state index in [1.165, 1.54) is 25.7 Å². The van der Waals surface area contributed by atoms with Crippen LogP contribution in [0.5, 0.6) is 0 Å². The van der Waals surface area contributed by atoms with Crippen molar-refractivity contribution in [3.8, 4) is 0 Å². The Labute approximate surface area is 109 Å². The van der Waals surface area contributed by atoms with E-state index in [4.69, 9.17) is 5.84 Å². The van der Waals surface area contributed by atoms with Gasteiger partial charge in [-0.1, -0.05) is 19.8 Å². The number of aromatic nitrogens is 3. The van der Waals surface area contributed by atoms with Crippen molar-refractivity contribution in [3.05, 3.63) is 12.2 Å². The van der Waals surface area contributed by atoms with E-state index in [0.717, 1.165) is 24.7 Å². The predicted molar refractivity (Wildman–Crippen MR) is 71.6 cm³/mol. The first-order valence-electron chi connectivity index (χ1n) is 7.07. The van der Waals surface area contributed by atoms with Gasteiger partial charge in [0.05, 0.1) is 0 Å². The molecular formula is C13H25N5. The number of nitrogens with one attached hydrogen (secondary N) is 1. The summed E-state index contributed by atoms with van der Waals surface area (Å²) in [7, 11) is 0. The Bertz CT molecular complexity index is 362. The smallest absolute Gasteiger partial charge is 0.138 e. The molecule has 3 atom stereocenters. The van der Waals surface area contributed by atoms with Crippen LogP contribution in [0.4, 0.5) is 0 Å². The molecule has 5 heteroatoms. The summed E-state index contributed by atoms with van der Waals surface area (Å²) in [6.45, 7) is 5.30. The first-order chi connectivity index (χ1) is 8.74. The molecular weight excluding hydrogens is 226 g/mol. The molecule has 3 N–H and O–H groups in total. The predicted octanol–water partition coefficient (Wildman–Crippen LogP) is 1.50. The number of nitrogens with two attached hydrogens (primary N) is 1. The minimum Gasteiger partial charge on any atom is -0.271 e. The second-order valence-corrected chi connectivity index (χ2v) is 5.50. The molecule has 1 fully saturated rings. The molecule has 1 aliphatic carbocycles. The summed E-state index contributed by atoms with van der Waals surface area (Å²) < 4.78 is 1.95. The van der Waals surface area contributed by atoms with E-state index in [1.54, 1.807) is 6.33 Å². The molecule has 0 radical (unpaired) electrons. The van der Waals surface area contributed by atoms with Gasteiger partial charge in [0.15, 0.2) is 0 Å². The molecule has 1 heterocycles. The minimum atomic E-state index is 0.322. The molecule has 0 aromatic carbocycles. The highest BCUT2D eigenvalue weighted by Crippen LogP contribution is 2.31. The third-order valence-electron chi connectivity index (χ3n) is 4.16. The quantitative estimate of drug-likeness (QED) is 0.614. The summed E-state index contributed by atoms with van der Waals surface area (Å²) in [5.41, 5.74) is 3.00. The third kappa shape index (κ3) is 3.09. The second-order valence-electron chi connectivity index (χ2n) is 5.50. The monoisotopic (exact) mass is 251 g/mol. The zero-order chi connectivity index (χ0) is 13.0. The molecule has 0 bridgehead atoms. The van der Waals surface area contributed by atoms with E-state index >= 15 is 0 Å². The molecule has 1 aromatic heterocycles. The Balaban J connectivity index is 2.00. The summed E-state index contributed by atoms with van der Waals surface area (Å²) >= 11 is 0. The molecule has 102 valence electrons. The van der Waals surface area contributed by atoms with Gasteiger partial charge < -0.3 is 0 Å². The van der Waals surface area contributed by atoms with Gasteiger partial charge in [0.1, 0.15) is 12.2 Å². The average molecular weight is 251 g/mol. The average Bonchev–Trinajstić information content (AvgIpc) is 2.83. The number of hydrogen-bond acceptors (Lipinski definition) is 4. The fraction of sp³-hybridized carbons (Fsp3) is 0.846. The number of hydrazine groups is 1. The van der Waals surface area contributed by atoms with E-state index in [9.17, 15) is 0 Å². The number of nitrogens with zero attached hydrogens (tertiary/aromatic N) is 3. The maximum absolute atomic E-state index is 5.75. The highest BCUT2D eigenvalue weighted by atomic mass is 15.3. The molecule has 0 saturated heterocycles. The Hall–Kier alpha value is -0.940. The Morgan fingerprint density at radius 3 is 3.06 bits per heavy atom. The SMILES string of the molecule is CCn1ncnc1CC(NN)C1CCCC(C)C1. The molecule has 0 spiro atoms. The molecule has 1 aromatic rings. The van der Waals surface area contributed by atoms with Crippen LogP contribution in [-0.4, -0.2) is 20.8 Å². The van der Waals surface area contributed by atoms with Crippen molar-refractivity contribution in [2.75, 3.05) is 0 Å². The van der Waals surface area contributed by atoms with Crippen molar-refractivity contribution in [2.24, 2.45) is 17.7 Å². The van der Waals surface area contributed by atoms with Crippen LogP contribution in [0, 0.1) is 11.8 Å². The van der Waals surface area contributed by atoms with Gasteiger partial charge in [-0.25, -0.2) is 4.98 Å². The Kier molecular flexibility index (Phi) is 4.72. The first kappa shape index (κ1) is 13.5. The van der Waals surface area contributed by atoms with E-state index in [-0.39, 0.29) is 0 Å². The van der Waals surface area contributed by atoms with Gasteiger partial charge in [0.2, 0.25) is 0 Å². The van der Waals surface area contributed by atoms with Crippen LogP contribution < -0.4 is 11.3 Å². The lowest BCUT2D eigenvalue weighted by atomic mass is 9.78. The lowest BCUT2D eigenvalue weighted by Gasteiger charge is -2.32. The van der Waals surface area contributed by atoms with E-state index < -0.39 is 0 Å². The summed E-state index contributed by atoms with van der Waals surface area (Å²) in [5.74, 6) is 8.28. The van der Waals surface area contributed by atoms with Crippen LogP contribution in [0.25, 0.3) is 0 Å². The Morgan fingerprint density at radius 2 is 2.39 bits per heavy atom. The van der Waals surface area contributed by atoms with Crippen molar-refractivity contribution in [1.82, 2.24) is 20.2 Å². The minimum absolute atomic E-state index is 0.322. The first-order valence-corrected chi connectivity index (χ1v) is 7.07. The van der Waals surface area contributed by atoms with Crippen LogP contribution in [0.1, 0.15) is 45.4 Å². The molecule has 3 unspecified atom stereocenters. The summed E-state index contributed by atoms with van der Waals surface area (Å²) in [5, 5.41) is 4.22. The number of rotatable bonds is 5. The van der Waals surface area contributed by atoms with Crippen molar-refractivity contribution < 1.29 is 0 Å². The third-order valence-corrected chi connectivity index (χ3v) is 4.16. The van der Waals surface area contributed by atoms with Crippen molar-refractivity contribution >= 4 is 0 Å². The zero-order valence-electron chi connectivity index (χ0n) is 11.5. The van der Waals surface area contributed by atoms with Crippen LogP contribution in [0.2, 0.25) is 0 Å². The fourth-order valence-corrected chi connectivity index (χ4v) is 3.12. The second kappa shape index (κ2) is 6.29. The largest absolute Gasteiger partial charge is 0.271 e. The van der Waals surface area contributed by atoms with Crippen molar-refractivity contribution in [3.63, 3.8) is 0 Å². The molecule has 0 aliphatic heterocycles. The molecule has 1 aliphatic rings. The standard InChI is InChI=1S/C13H25N5/c1-3-18-13(15-9-16-18)8-12(17-14)11-6-4-5-10(2)7-11/h9-12,17H,3-8,14H2,1-2H3. The Morgan fingerprint density at radius 1 is 1.56 bits per heavy atom. The fourth-order valence-electron chi connectivity index (χ4n) is 3.12. The number of aryl methyl sites for hydroxylation is 1. The lowest BCUT2D eigenvalue weighted by molar-refractivity contribution is 0.219. The summed E-state index contributed by atoms with van der Waals surface area (Å²) in [4.78, 5) is 4.34. The highest BCUT2D eigenvalue weighted by molar-refractivity contribution is 4.92. The van der Waals surface area contributed by atoms with Gasteiger partial charge in [-0.15, -0.1) is 0 Å². The maximum Gasteiger partial charge on any atom is 0.138 e. The van der Waals surface area contributed by atoms with Crippen LogP contribution >= 0.6 is 0 Å². The van der Waals surface area contributed by atoms with Gasteiger partial charge in [0.25, 0.3) is 0 Å². The lowest BCUT2D eigenvalue weighted by Crippen LogP contribution is -2.44. The van der Waals surface area contributed by atoms with Gasteiger partial charge >= 0.3 is 0 Å². The van der Waals surface area contributed by atoms with Crippen molar-refractivity contribution in [2.45, 2.75) is 58.5 Å². The summed E-state index contributed by atoms with van der Waals surface area (Å²) in [6, 6.07) is 0.322. The zero-order valence-corrected chi connectivity index (χ0v) is 11.5. The van der Waals surface area contributed by atoms with E-state index in [1.807, 2.05) is 4.68 Å². The van der Waals surface area contributed by atoms with E-state index in [2.05, 4.69) is 29.4 Å². The van der Waals surface area contributed by atoms with Gasteiger partial charge in [-0.05, 0) is 31.6 Å². The van der Waals surface area contributed by atoms with Crippen LogP contribution in [0.3, 0.4) is 0 Å². The van der Waals surface area contributed by atoms with Crippen LogP contribution in [0.15, 0.2) is 6.33 Å². The van der Waals surface area contributed by atoms with E-state index in [0.29, 0.717) is 12.0 Å². The molecule has 18 heavy (non-hydrogen) atoms. The van der Waals surface area contributed by atoms with Gasteiger partial charge in [-0.2, -0.15) is 5.10 Å². The molecule has 0 amide bonds.